The fourth-order valence-corrected chi connectivity index (χ4v) is 5.20. The molecule has 10 heteroatoms. The van der Waals surface area contributed by atoms with Gasteiger partial charge in [0.05, 0.1) is 25.6 Å². The van der Waals surface area contributed by atoms with Crippen molar-refractivity contribution in [3.63, 3.8) is 0 Å². The standard InChI is InChI=1S/C20H28ClN3O5S/c1-20(19(26)22-15-7-5-4-6-8-15)13-23(30(3,27)28)12-18(25)24(20)16-11-14(21)9-10-17(16)29-2/h9-11,15H,4-8,12-13H2,1-3H3,(H,22,26)/t20-/m0/s1. The Kier molecular flexibility index (Phi) is 6.64. The fraction of sp³-hybridized carbons (Fsp3) is 0.600. The Balaban J connectivity index is 2.05. The molecule has 1 aromatic rings. The van der Waals surface area contributed by atoms with Gasteiger partial charge in [0, 0.05) is 17.6 Å². The van der Waals surface area contributed by atoms with Crippen LogP contribution in [0, 0.1) is 0 Å². The molecule has 1 aromatic carbocycles. The number of sulfonamides is 1. The summed E-state index contributed by atoms with van der Waals surface area (Å²) >= 11 is 6.17. The molecule has 0 spiro atoms. The van der Waals surface area contributed by atoms with E-state index in [4.69, 9.17) is 16.3 Å². The van der Waals surface area contributed by atoms with Gasteiger partial charge in [-0.25, -0.2) is 8.42 Å². The quantitative estimate of drug-likeness (QED) is 0.730. The van der Waals surface area contributed by atoms with Gasteiger partial charge in [0.2, 0.25) is 21.8 Å². The molecule has 3 rings (SSSR count). The topological polar surface area (TPSA) is 96.0 Å². The SMILES string of the molecule is COc1ccc(Cl)cc1N1C(=O)CN(S(C)(=O)=O)C[C@@]1(C)C(=O)NC1CCCCC1. The number of nitrogens with zero attached hydrogens (tertiary/aromatic N) is 2. The maximum absolute atomic E-state index is 13.5. The van der Waals surface area contributed by atoms with Crippen LogP contribution in [0.4, 0.5) is 5.69 Å². The maximum Gasteiger partial charge on any atom is 0.247 e. The first kappa shape index (κ1) is 22.8. The summed E-state index contributed by atoms with van der Waals surface area (Å²) in [6, 6.07) is 4.81. The van der Waals surface area contributed by atoms with E-state index in [9.17, 15) is 18.0 Å². The molecule has 2 aliphatic rings. The van der Waals surface area contributed by atoms with Gasteiger partial charge in [-0.15, -0.1) is 0 Å². The Hall–Kier alpha value is -1.84. The molecule has 0 aromatic heterocycles. The molecule has 0 bridgehead atoms. The number of methoxy groups -OCH3 is 1. The monoisotopic (exact) mass is 457 g/mol. The number of hydrogen-bond acceptors (Lipinski definition) is 5. The number of hydrogen-bond donors (Lipinski definition) is 1. The van der Waals surface area contributed by atoms with Gasteiger partial charge in [-0.1, -0.05) is 30.9 Å². The second-order valence-corrected chi connectivity index (χ2v) is 10.6. The molecule has 1 heterocycles. The first-order valence-corrected chi connectivity index (χ1v) is 12.2. The third-order valence-electron chi connectivity index (χ3n) is 5.82. The molecule has 1 saturated heterocycles. The van der Waals surface area contributed by atoms with Crippen molar-refractivity contribution in [1.29, 1.82) is 0 Å². The van der Waals surface area contributed by atoms with Crippen molar-refractivity contribution in [2.75, 3.05) is 31.4 Å². The van der Waals surface area contributed by atoms with Crippen LogP contribution in [-0.4, -0.2) is 62.6 Å². The predicted molar refractivity (Wildman–Crippen MR) is 115 cm³/mol. The summed E-state index contributed by atoms with van der Waals surface area (Å²) in [5.41, 5.74) is -1.13. The van der Waals surface area contributed by atoms with Crippen LogP contribution < -0.4 is 15.0 Å². The highest BCUT2D eigenvalue weighted by Gasteiger charge is 2.51. The van der Waals surface area contributed by atoms with Crippen molar-refractivity contribution in [1.82, 2.24) is 9.62 Å². The molecule has 166 valence electrons. The van der Waals surface area contributed by atoms with E-state index in [-0.39, 0.29) is 19.1 Å². The number of benzene rings is 1. The third kappa shape index (κ3) is 4.58. The highest BCUT2D eigenvalue weighted by Crippen LogP contribution is 2.38. The molecule has 8 nitrogen and oxygen atoms in total. The largest absolute Gasteiger partial charge is 0.495 e. The second kappa shape index (κ2) is 8.72. The Morgan fingerprint density at radius 2 is 1.93 bits per heavy atom. The van der Waals surface area contributed by atoms with Crippen molar-refractivity contribution < 1.29 is 22.7 Å². The molecule has 1 N–H and O–H groups in total. The average Bonchev–Trinajstić information content (AvgIpc) is 2.67. The molecule has 1 aliphatic heterocycles. The lowest BCUT2D eigenvalue weighted by atomic mass is 9.91. The second-order valence-electron chi connectivity index (χ2n) is 8.16. The lowest BCUT2D eigenvalue weighted by Crippen LogP contribution is -2.70. The summed E-state index contributed by atoms with van der Waals surface area (Å²) in [4.78, 5) is 28.0. The van der Waals surface area contributed by atoms with Crippen LogP contribution in [0.5, 0.6) is 5.75 Å². The van der Waals surface area contributed by atoms with Crippen molar-refractivity contribution >= 4 is 39.1 Å². The van der Waals surface area contributed by atoms with Crippen LogP contribution in [-0.2, 0) is 19.6 Å². The highest BCUT2D eigenvalue weighted by molar-refractivity contribution is 7.88. The molecular weight excluding hydrogens is 430 g/mol. The predicted octanol–water partition coefficient (Wildman–Crippen LogP) is 2.16. The minimum atomic E-state index is -3.68. The molecule has 1 saturated carbocycles. The fourth-order valence-electron chi connectivity index (χ4n) is 4.20. The number of carbonyl (C=O) groups is 2. The summed E-state index contributed by atoms with van der Waals surface area (Å²) in [6.45, 7) is 1.06. The number of anilines is 1. The van der Waals surface area contributed by atoms with E-state index >= 15 is 0 Å². The molecule has 1 aliphatic carbocycles. The lowest BCUT2D eigenvalue weighted by Gasteiger charge is -2.47. The Bertz CT molecular complexity index is 932. The summed E-state index contributed by atoms with van der Waals surface area (Å²) in [7, 11) is -2.22. The van der Waals surface area contributed by atoms with Gasteiger partial charge < -0.3 is 10.1 Å². The first-order chi connectivity index (χ1) is 14.1. The summed E-state index contributed by atoms with van der Waals surface area (Å²) in [5.74, 6) is -0.538. The van der Waals surface area contributed by atoms with E-state index < -0.39 is 27.4 Å². The zero-order valence-corrected chi connectivity index (χ0v) is 19.1. The zero-order chi connectivity index (χ0) is 22.1. The van der Waals surface area contributed by atoms with E-state index in [0.29, 0.717) is 16.5 Å². The van der Waals surface area contributed by atoms with Crippen molar-refractivity contribution in [2.45, 2.75) is 50.6 Å². The summed E-state index contributed by atoms with van der Waals surface area (Å²) in [6.07, 6.45) is 5.97. The van der Waals surface area contributed by atoms with Crippen molar-refractivity contribution in [2.24, 2.45) is 0 Å². The minimum Gasteiger partial charge on any atom is -0.495 e. The average molecular weight is 458 g/mol. The van der Waals surface area contributed by atoms with Gasteiger partial charge in [-0.3, -0.25) is 14.5 Å². The van der Waals surface area contributed by atoms with E-state index in [1.54, 1.807) is 25.1 Å². The van der Waals surface area contributed by atoms with Crippen molar-refractivity contribution in [3.8, 4) is 5.75 Å². The Morgan fingerprint density at radius 3 is 2.53 bits per heavy atom. The number of carbonyl (C=O) groups excluding carboxylic acids is 2. The van der Waals surface area contributed by atoms with Crippen LogP contribution in [0.2, 0.25) is 5.02 Å². The maximum atomic E-state index is 13.5. The van der Waals surface area contributed by atoms with Crippen molar-refractivity contribution in [3.05, 3.63) is 23.2 Å². The Morgan fingerprint density at radius 1 is 1.27 bits per heavy atom. The summed E-state index contributed by atoms with van der Waals surface area (Å²) in [5, 5.41) is 3.42. The number of rotatable bonds is 5. The van der Waals surface area contributed by atoms with Gasteiger partial charge in [-0.05, 0) is 38.0 Å². The van der Waals surface area contributed by atoms with Crippen LogP contribution in [0.3, 0.4) is 0 Å². The van der Waals surface area contributed by atoms with Gasteiger partial charge in [0.1, 0.15) is 11.3 Å². The van der Waals surface area contributed by atoms with Gasteiger partial charge >= 0.3 is 0 Å². The number of ether oxygens (including phenoxy) is 1. The van der Waals surface area contributed by atoms with E-state index in [1.807, 2.05) is 0 Å². The smallest absolute Gasteiger partial charge is 0.247 e. The van der Waals surface area contributed by atoms with Gasteiger partial charge in [0.15, 0.2) is 0 Å². The molecule has 30 heavy (non-hydrogen) atoms. The molecule has 1 atom stereocenters. The molecule has 0 radical (unpaired) electrons. The molecule has 0 unspecified atom stereocenters. The number of piperazine rings is 1. The normalized spacial score (nSPS) is 24.0. The van der Waals surface area contributed by atoms with E-state index in [1.165, 1.54) is 12.0 Å². The summed E-state index contributed by atoms with van der Waals surface area (Å²) < 4.78 is 30.9. The van der Waals surface area contributed by atoms with E-state index in [2.05, 4.69) is 5.32 Å². The Labute approximate surface area is 182 Å². The number of nitrogens with one attached hydrogen (secondary N) is 1. The number of amides is 2. The van der Waals surface area contributed by atoms with Crippen LogP contribution in [0.15, 0.2) is 18.2 Å². The van der Waals surface area contributed by atoms with E-state index in [0.717, 1.165) is 42.7 Å². The van der Waals surface area contributed by atoms with Crippen LogP contribution >= 0.6 is 11.6 Å². The molecule has 2 amide bonds. The van der Waals surface area contributed by atoms with Crippen LogP contribution in [0.25, 0.3) is 0 Å². The van der Waals surface area contributed by atoms with Gasteiger partial charge in [-0.2, -0.15) is 4.31 Å². The highest BCUT2D eigenvalue weighted by atomic mass is 35.5. The first-order valence-electron chi connectivity index (χ1n) is 9.99. The van der Waals surface area contributed by atoms with Gasteiger partial charge in [0.25, 0.3) is 0 Å². The lowest BCUT2D eigenvalue weighted by molar-refractivity contribution is -0.133. The van der Waals surface area contributed by atoms with Crippen LogP contribution in [0.1, 0.15) is 39.0 Å². The number of halogens is 1. The minimum absolute atomic E-state index is 0.00916. The third-order valence-corrected chi connectivity index (χ3v) is 7.25. The molecular formula is C20H28ClN3O5S. The zero-order valence-electron chi connectivity index (χ0n) is 17.5. The molecule has 2 fully saturated rings.